The summed E-state index contributed by atoms with van der Waals surface area (Å²) in [5.74, 6) is -0.554. The van der Waals surface area contributed by atoms with Crippen LogP contribution in [-0.2, 0) is 11.3 Å². The molecule has 1 unspecified atom stereocenters. The molecule has 102 valence electrons. The van der Waals surface area contributed by atoms with E-state index in [1.807, 2.05) is 0 Å². The number of aliphatic hydroxyl groups is 1. The molecule has 0 aliphatic heterocycles. The number of rotatable bonds is 5. The molecular weight excluding hydrogens is 317 g/mol. The molecule has 0 aromatic carbocycles. The van der Waals surface area contributed by atoms with Gasteiger partial charge in [0.25, 0.3) is 0 Å². The van der Waals surface area contributed by atoms with Crippen LogP contribution in [0.2, 0.25) is 0 Å². The van der Waals surface area contributed by atoms with E-state index in [0.29, 0.717) is 23.3 Å². The van der Waals surface area contributed by atoms with Gasteiger partial charge in [0.1, 0.15) is 17.6 Å². The van der Waals surface area contributed by atoms with Crippen LogP contribution in [-0.4, -0.2) is 33.6 Å². The molecule has 1 atom stereocenters. The van der Waals surface area contributed by atoms with E-state index < -0.39 is 11.9 Å². The molecule has 2 heterocycles. The maximum Gasteiger partial charge on any atom is 0.147 e. The maximum absolute atomic E-state index is 13.7. The minimum Gasteiger partial charge on any atom is -0.383 e. The van der Waals surface area contributed by atoms with E-state index in [9.17, 15) is 9.50 Å². The zero-order chi connectivity index (χ0) is 13.8. The number of aromatic nitrogens is 3. The molecule has 0 aliphatic rings. The molecule has 0 saturated heterocycles. The Bertz CT molecular complexity index is 562. The van der Waals surface area contributed by atoms with Gasteiger partial charge in [0.2, 0.25) is 0 Å². The normalized spacial score (nSPS) is 12.6. The second kappa shape index (κ2) is 6.23. The summed E-state index contributed by atoms with van der Waals surface area (Å²) in [4.78, 5) is 3.88. The Morgan fingerprint density at radius 2 is 2.37 bits per heavy atom. The van der Waals surface area contributed by atoms with Gasteiger partial charge in [0.05, 0.1) is 29.5 Å². The van der Waals surface area contributed by atoms with Gasteiger partial charge in [-0.15, -0.1) is 0 Å². The third-order valence-electron chi connectivity index (χ3n) is 2.65. The fraction of sp³-hybridized carbons (Fsp3) is 0.333. The van der Waals surface area contributed by atoms with Gasteiger partial charge in [-0.25, -0.2) is 4.39 Å². The number of halogens is 2. The van der Waals surface area contributed by atoms with Crippen molar-refractivity contribution in [1.82, 2.24) is 14.8 Å². The van der Waals surface area contributed by atoms with Crippen molar-refractivity contribution < 1.29 is 14.2 Å². The predicted octanol–water partition coefficient (Wildman–Crippen LogP) is 1.91. The molecule has 2 rings (SSSR count). The molecule has 7 heteroatoms. The van der Waals surface area contributed by atoms with E-state index in [1.165, 1.54) is 18.3 Å². The van der Waals surface area contributed by atoms with Gasteiger partial charge in [-0.1, -0.05) is 0 Å². The Balaban J connectivity index is 2.35. The minimum atomic E-state index is -1.19. The molecule has 2 aromatic heterocycles. The van der Waals surface area contributed by atoms with Crippen molar-refractivity contribution in [1.29, 1.82) is 0 Å². The molecule has 0 aliphatic carbocycles. The van der Waals surface area contributed by atoms with Gasteiger partial charge in [0, 0.05) is 13.3 Å². The average Bonchev–Trinajstić information content (AvgIpc) is 2.77. The van der Waals surface area contributed by atoms with E-state index in [4.69, 9.17) is 4.74 Å². The van der Waals surface area contributed by atoms with Gasteiger partial charge < -0.3 is 9.84 Å². The summed E-state index contributed by atoms with van der Waals surface area (Å²) in [7, 11) is 1.58. The maximum atomic E-state index is 13.7. The smallest absolute Gasteiger partial charge is 0.147 e. The summed E-state index contributed by atoms with van der Waals surface area (Å²) in [6.45, 7) is 0.904. The molecule has 0 bridgehead atoms. The number of hydrogen-bond donors (Lipinski definition) is 1. The quantitative estimate of drug-likeness (QED) is 0.910. The Morgan fingerprint density at radius 1 is 1.58 bits per heavy atom. The van der Waals surface area contributed by atoms with Crippen molar-refractivity contribution in [3.8, 4) is 0 Å². The molecule has 1 N–H and O–H groups in total. The first-order valence-corrected chi connectivity index (χ1v) is 6.43. The van der Waals surface area contributed by atoms with Crippen molar-refractivity contribution in [3.05, 3.63) is 46.2 Å². The molecule has 0 amide bonds. The van der Waals surface area contributed by atoms with Gasteiger partial charge in [-0.3, -0.25) is 9.67 Å². The third kappa shape index (κ3) is 2.99. The van der Waals surface area contributed by atoms with E-state index >= 15 is 0 Å². The lowest BCUT2D eigenvalue weighted by molar-refractivity contribution is 0.168. The highest BCUT2D eigenvalue weighted by Crippen LogP contribution is 2.28. The first-order chi connectivity index (χ1) is 9.15. The number of aliphatic hydroxyl groups excluding tert-OH is 1. The van der Waals surface area contributed by atoms with E-state index in [2.05, 4.69) is 26.0 Å². The minimum absolute atomic E-state index is 0.0256. The van der Waals surface area contributed by atoms with Crippen LogP contribution in [0.4, 0.5) is 4.39 Å². The molecule has 0 fully saturated rings. The average molecular weight is 330 g/mol. The van der Waals surface area contributed by atoms with E-state index in [1.54, 1.807) is 18.0 Å². The molecule has 0 radical (unpaired) electrons. The zero-order valence-electron chi connectivity index (χ0n) is 10.3. The first kappa shape index (κ1) is 14.1. The van der Waals surface area contributed by atoms with Crippen LogP contribution in [0, 0.1) is 5.82 Å². The molecule has 0 spiro atoms. The Hall–Kier alpha value is -1.31. The largest absolute Gasteiger partial charge is 0.383 e. The van der Waals surface area contributed by atoms with Gasteiger partial charge in [0.15, 0.2) is 0 Å². The number of nitrogens with zero attached hydrogens (tertiary/aromatic N) is 3. The number of hydrogen-bond acceptors (Lipinski definition) is 4. The third-order valence-corrected chi connectivity index (χ3v) is 3.26. The van der Waals surface area contributed by atoms with Crippen molar-refractivity contribution in [2.45, 2.75) is 12.6 Å². The van der Waals surface area contributed by atoms with Crippen LogP contribution in [0.25, 0.3) is 0 Å². The van der Waals surface area contributed by atoms with Crippen LogP contribution in [0.1, 0.15) is 17.5 Å². The van der Waals surface area contributed by atoms with Crippen LogP contribution < -0.4 is 0 Å². The molecule has 0 saturated carbocycles. The number of methoxy groups -OCH3 is 1. The van der Waals surface area contributed by atoms with Crippen molar-refractivity contribution >= 4 is 15.9 Å². The molecule has 5 nitrogen and oxygen atoms in total. The van der Waals surface area contributed by atoms with Crippen LogP contribution in [0.15, 0.2) is 29.0 Å². The fourth-order valence-corrected chi connectivity index (χ4v) is 2.24. The standard InChI is InChI=1S/C12H13BrFN3O2/c1-19-6-5-17-11(8(13)7-16-17)12(18)10-9(14)3-2-4-15-10/h2-4,7,12,18H,5-6H2,1H3. The van der Waals surface area contributed by atoms with Crippen molar-refractivity contribution in [2.75, 3.05) is 13.7 Å². The topological polar surface area (TPSA) is 60.2 Å². The lowest BCUT2D eigenvalue weighted by atomic mass is 10.1. The Labute approximate surface area is 118 Å². The summed E-state index contributed by atoms with van der Waals surface area (Å²) in [5.41, 5.74) is 0.428. The molecule has 2 aromatic rings. The lowest BCUT2D eigenvalue weighted by Gasteiger charge is -2.14. The molecular formula is C12H13BrFN3O2. The van der Waals surface area contributed by atoms with Crippen LogP contribution >= 0.6 is 15.9 Å². The predicted molar refractivity (Wildman–Crippen MR) is 70.1 cm³/mol. The second-order valence-electron chi connectivity index (χ2n) is 3.87. The Kier molecular flexibility index (Phi) is 4.62. The summed E-state index contributed by atoms with van der Waals surface area (Å²) in [5, 5.41) is 14.4. The van der Waals surface area contributed by atoms with Crippen molar-refractivity contribution in [2.24, 2.45) is 0 Å². The van der Waals surface area contributed by atoms with E-state index in [0.717, 1.165) is 0 Å². The second-order valence-corrected chi connectivity index (χ2v) is 4.72. The summed E-state index contributed by atoms with van der Waals surface area (Å²) in [6, 6.07) is 2.73. The van der Waals surface area contributed by atoms with Crippen molar-refractivity contribution in [3.63, 3.8) is 0 Å². The van der Waals surface area contributed by atoms with Crippen LogP contribution in [0.5, 0.6) is 0 Å². The highest BCUT2D eigenvalue weighted by atomic mass is 79.9. The monoisotopic (exact) mass is 329 g/mol. The zero-order valence-corrected chi connectivity index (χ0v) is 11.8. The molecule has 19 heavy (non-hydrogen) atoms. The van der Waals surface area contributed by atoms with Crippen LogP contribution in [0.3, 0.4) is 0 Å². The van der Waals surface area contributed by atoms with Gasteiger partial charge in [-0.2, -0.15) is 5.10 Å². The summed E-state index contributed by atoms with van der Waals surface area (Å²) in [6.07, 6.45) is 1.80. The van der Waals surface area contributed by atoms with Gasteiger partial charge in [-0.05, 0) is 28.1 Å². The van der Waals surface area contributed by atoms with E-state index in [-0.39, 0.29) is 5.69 Å². The summed E-state index contributed by atoms with van der Waals surface area (Å²) >= 11 is 3.30. The fourth-order valence-electron chi connectivity index (χ4n) is 1.73. The number of pyridine rings is 1. The SMILES string of the molecule is COCCn1ncc(Br)c1C(O)c1ncccc1F. The highest BCUT2D eigenvalue weighted by Gasteiger charge is 2.23. The van der Waals surface area contributed by atoms with Gasteiger partial charge >= 0.3 is 0 Å². The highest BCUT2D eigenvalue weighted by molar-refractivity contribution is 9.10. The summed E-state index contributed by atoms with van der Waals surface area (Å²) < 4.78 is 20.8. The Morgan fingerprint density at radius 3 is 3.05 bits per heavy atom. The lowest BCUT2D eigenvalue weighted by Crippen LogP contribution is -2.15. The first-order valence-electron chi connectivity index (χ1n) is 5.63. The number of ether oxygens (including phenoxy) is 1.